The molecule has 0 rings (SSSR count). The van der Waals surface area contributed by atoms with Gasteiger partial charge in [0, 0.05) is 13.0 Å². The van der Waals surface area contributed by atoms with E-state index in [0.29, 0.717) is 19.6 Å². The first-order valence-corrected chi connectivity index (χ1v) is 24.6. The number of hydrogen-bond acceptors (Lipinski definition) is 4. The number of aliphatic hydroxyl groups is 1. The van der Waals surface area contributed by atoms with Crippen molar-refractivity contribution in [1.82, 2.24) is 0 Å². The third kappa shape index (κ3) is 45.7. The third-order valence-corrected chi connectivity index (χ3v) is 11.4. The molecule has 0 radical (unpaired) electrons. The Morgan fingerprint density at radius 1 is 0.377 bits per heavy atom. The van der Waals surface area contributed by atoms with Crippen LogP contribution in [0.3, 0.4) is 0 Å². The van der Waals surface area contributed by atoms with E-state index < -0.39 is 6.10 Å². The van der Waals surface area contributed by atoms with Crippen LogP contribution in [0, 0.1) is 0 Å². The molecule has 53 heavy (non-hydrogen) atoms. The van der Waals surface area contributed by atoms with Gasteiger partial charge in [-0.05, 0) is 12.8 Å². The van der Waals surface area contributed by atoms with Gasteiger partial charge < -0.3 is 14.6 Å². The molecule has 1 N–H and O–H groups in total. The first-order chi connectivity index (χ1) is 26.2. The maximum atomic E-state index is 12.2. The average molecular weight is 751 g/mol. The van der Waals surface area contributed by atoms with E-state index in [9.17, 15) is 9.90 Å². The van der Waals surface area contributed by atoms with Gasteiger partial charge in [0.1, 0.15) is 6.10 Å². The highest BCUT2D eigenvalue weighted by molar-refractivity contribution is 5.69. The summed E-state index contributed by atoms with van der Waals surface area (Å²) in [5, 5.41) is 9.64. The molecule has 0 heterocycles. The summed E-state index contributed by atoms with van der Waals surface area (Å²) in [5.41, 5.74) is 0. The highest BCUT2D eigenvalue weighted by atomic mass is 16.6. The van der Waals surface area contributed by atoms with Gasteiger partial charge in [-0.2, -0.15) is 0 Å². The number of carbonyl (C=O) groups is 1. The van der Waals surface area contributed by atoms with Crippen molar-refractivity contribution in [1.29, 1.82) is 0 Å². The number of carbonyl (C=O) groups excluding carboxylic acids is 1. The van der Waals surface area contributed by atoms with Crippen LogP contribution in [0.15, 0.2) is 0 Å². The molecule has 0 saturated heterocycles. The molecule has 4 heteroatoms. The maximum absolute atomic E-state index is 12.2. The highest BCUT2D eigenvalue weighted by Crippen LogP contribution is 2.17. The van der Waals surface area contributed by atoms with E-state index in [1.807, 2.05) is 0 Å². The Morgan fingerprint density at radius 2 is 0.623 bits per heavy atom. The monoisotopic (exact) mass is 751 g/mol. The molecule has 0 amide bonds. The van der Waals surface area contributed by atoms with E-state index in [4.69, 9.17) is 9.47 Å². The molecule has 4 nitrogen and oxygen atoms in total. The minimum Gasteiger partial charge on any atom is -0.457 e. The Bertz CT molecular complexity index is 667. The summed E-state index contributed by atoms with van der Waals surface area (Å²) < 4.78 is 11.2. The van der Waals surface area contributed by atoms with Crippen LogP contribution in [-0.2, 0) is 14.3 Å². The highest BCUT2D eigenvalue weighted by Gasteiger charge is 2.13. The van der Waals surface area contributed by atoms with Gasteiger partial charge in [-0.25, -0.2) is 0 Å². The Hall–Kier alpha value is -0.610. The van der Waals surface area contributed by atoms with Crippen LogP contribution >= 0.6 is 0 Å². The van der Waals surface area contributed by atoms with Crippen LogP contribution in [0.2, 0.25) is 0 Å². The van der Waals surface area contributed by atoms with Crippen LogP contribution in [0.4, 0.5) is 0 Å². The zero-order chi connectivity index (χ0) is 38.4. The zero-order valence-electron chi connectivity index (χ0n) is 36.6. The predicted molar refractivity (Wildman–Crippen MR) is 233 cm³/mol. The van der Waals surface area contributed by atoms with Crippen LogP contribution in [0.5, 0.6) is 0 Å². The lowest BCUT2D eigenvalue weighted by molar-refractivity contribution is -0.154. The molecule has 1 unspecified atom stereocenters. The van der Waals surface area contributed by atoms with E-state index in [1.54, 1.807) is 0 Å². The molecular formula is C49H98O4. The minimum atomic E-state index is -0.525. The molecule has 0 aromatic heterocycles. The molecule has 0 aromatic carbocycles. The van der Waals surface area contributed by atoms with Gasteiger partial charge >= 0.3 is 5.97 Å². The molecule has 0 aliphatic rings. The van der Waals surface area contributed by atoms with E-state index in [-0.39, 0.29) is 12.6 Å². The molecule has 318 valence electrons. The summed E-state index contributed by atoms with van der Waals surface area (Å²) in [4.78, 5) is 12.2. The first kappa shape index (κ1) is 52.4. The van der Waals surface area contributed by atoms with Crippen LogP contribution in [-0.4, -0.2) is 37.0 Å². The summed E-state index contributed by atoms with van der Waals surface area (Å²) in [7, 11) is 0. The predicted octanol–water partition coefficient (Wildman–Crippen LogP) is 16.3. The topological polar surface area (TPSA) is 55.8 Å². The van der Waals surface area contributed by atoms with Crippen molar-refractivity contribution < 1.29 is 19.4 Å². The van der Waals surface area contributed by atoms with Crippen molar-refractivity contribution in [2.24, 2.45) is 0 Å². The Morgan fingerprint density at radius 3 is 0.887 bits per heavy atom. The maximum Gasteiger partial charge on any atom is 0.306 e. The SMILES string of the molecule is CCCCCCCCCCCCCCCCCCCCCCCOCC(CO)OC(=O)CCCCCCCCCCCCCCCCCCCCCC. The second-order valence-electron chi connectivity index (χ2n) is 16.9. The molecule has 1 atom stereocenters. The quantitative estimate of drug-likeness (QED) is 0.0497. The van der Waals surface area contributed by atoms with Crippen molar-refractivity contribution in [3.8, 4) is 0 Å². The fourth-order valence-electron chi connectivity index (χ4n) is 7.74. The second kappa shape index (κ2) is 47.5. The van der Waals surface area contributed by atoms with Gasteiger partial charge in [-0.1, -0.05) is 264 Å². The molecule has 0 saturated carbocycles. The number of esters is 1. The normalized spacial score (nSPS) is 12.1. The van der Waals surface area contributed by atoms with Gasteiger partial charge in [-0.3, -0.25) is 4.79 Å². The van der Waals surface area contributed by atoms with Gasteiger partial charge in [0.25, 0.3) is 0 Å². The fraction of sp³-hybridized carbons (Fsp3) is 0.980. The Kier molecular flexibility index (Phi) is 47.0. The van der Waals surface area contributed by atoms with E-state index in [1.165, 1.54) is 244 Å². The Balaban J connectivity index is 3.33. The van der Waals surface area contributed by atoms with E-state index >= 15 is 0 Å². The molecule has 0 aromatic rings. The second-order valence-corrected chi connectivity index (χ2v) is 16.9. The fourth-order valence-corrected chi connectivity index (χ4v) is 7.74. The largest absolute Gasteiger partial charge is 0.457 e. The van der Waals surface area contributed by atoms with Crippen LogP contribution in [0.25, 0.3) is 0 Å². The van der Waals surface area contributed by atoms with Crippen molar-refractivity contribution >= 4 is 5.97 Å². The van der Waals surface area contributed by atoms with Gasteiger partial charge in [0.15, 0.2) is 0 Å². The third-order valence-electron chi connectivity index (χ3n) is 11.4. The number of ether oxygens (including phenoxy) is 2. The molecule has 0 spiro atoms. The lowest BCUT2D eigenvalue weighted by Gasteiger charge is -2.16. The van der Waals surface area contributed by atoms with E-state index in [0.717, 1.165) is 19.3 Å². The van der Waals surface area contributed by atoms with Gasteiger partial charge in [0.2, 0.25) is 0 Å². The summed E-state index contributed by atoms with van der Waals surface area (Å²) in [6.45, 7) is 5.42. The van der Waals surface area contributed by atoms with Gasteiger partial charge in [-0.15, -0.1) is 0 Å². The van der Waals surface area contributed by atoms with Crippen molar-refractivity contribution in [3.05, 3.63) is 0 Å². The summed E-state index contributed by atoms with van der Waals surface area (Å²) in [6.07, 6.45) is 56.2. The van der Waals surface area contributed by atoms with Crippen molar-refractivity contribution in [2.75, 3.05) is 19.8 Å². The standard InChI is InChI=1S/C49H98O4/c1-3-5-7-9-11-13-15-17-19-21-23-25-27-29-31-33-35-37-39-41-43-45-52-47-48(46-50)53-49(51)44-42-40-38-36-34-32-30-28-26-24-22-20-18-16-14-12-10-8-6-4-2/h48,50H,3-47H2,1-2H3. The molecule has 0 bridgehead atoms. The van der Waals surface area contributed by atoms with E-state index in [2.05, 4.69) is 13.8 Å². The van der Waals surface area contributed by atoms with Crippen LogP contribution in [0.1, 0.15) is 284 Å². The Labute approximate surface area is 333 Å². The summed E-state index contributed by atoms with van der Waals surface area (Å²) in [5.74, 6) is -0.191. The molecule has 0 aliphatic heterocycles. The summed E-state index contributed by atoms with van der Waals surface area (Å²) >= 11 is 0. The number of rotatable bonds is 47. The van der Waals surface area contributed by atoms with Crippen LogP contribution < -0.4 is 0 Å². The zero-order valence-corrected chi connectivity index (χ0v) is 36.6. The van der Waals surface area contributed by atoms with Crippen molar-refractivity contribution in [3.63, 3.8) is 0 Å². The number of unbranched alkanes of at least 4 members (excludes halogenated alkanes) is 39. The summed E-state index contributed by atoms with van der Waals surface area (Å²) in [6, 6.07) is 0. The molecule has 0 fully saturated rings. The first-order valence-electron chi connectivity index (χ1n) is 24.6. The van der Waals surface area contributed by atoms with Gasteiger partial charge in [0.05, 0.1) is 13.2 Å². The lowest BCUT2D eigenvalue weighted by atomic mass is 10.0. The molecule has 0 aliphatic carbocycles. The lowest BCUT2D eigenvalue weighted by Crippen LogP contribution is -2.27. The molecular weight excluding hydrogens is 653 g/mol. The smallest absolute Gasteiger partial charge is 0.306 e. The average Bonchev–Trinajstić information content (AvgIpc) is 3.16. The minimum absolute atomic E-state index is 0.162. The number of aliphatic hydroxyl groups excluding tert-OH is 1. The van der Waals surface area contributed by atoms with Crippen molar-refractivity contribution in [2.45, 2.75) is 290 Å². The number of hydrogen-bond donors (Lipinski definition) is 1.